The second-order valence-corrected chi connectivity index (χ2v) is 4.81. The zero-order valence-electron chi connectivity index (χ0n) is 12.2. The van der Waals surface area contributed by atoms with Crippen molar-refractivity contribution in [3.8, 4) is 5.75 Å². The summed E-state index contributed by atoms with van der Waals surface area (Å²) in [6.45, 7) is 0. The van der Waals surface area contributed by atoms with Gasteiger partial charge in [0.15, 0.2) is 5.11 Å². The van der Waals surface area contributed by atoms with Gasteiger partial charge >= 0.3 is 0 Å². The molecule has 8 heteroatoms. The molecule has 7 nitrogen and oxygen atoms in total. The van der Waals surface area contributed by atoms with E-state index >= 15 is 0 Å². The minimum absolute atomic E-state index is 0.00730. The van der Waals surface area contributed by atoms with Crippen molar-refractivity contribution >= 4 is 34.9 Å². The van der Waals surface area contributed by atoms with Crippen molar-refractivity contribution < 1.29 is 9.66 Å². The summed E-state index contributed by atoms with van der Waals surface area (Å²) in [4.78, 5) is 10.2. The Morgan fingerprint density at radius 3 is 2.70 bits per heavy atom. The van der Waals surface area contributed by atoms with Crippen LogP contribution in [0.1, 0.15) is 5.56 Å². The monoisotopic (exact) mass is 330 g/mol. The van der Waals surface area contributed by atoms with Gasteiger partial charge in [0, 0.05) is 23.4 Å². The topological polar surface area (TPSA) is 88.8 Å². The number of anilines is 1. The number of hydrogen-bond acceptors (Lipinski definition) is 5. The van der Waals surface area contributed by atoms with Gasteiger partial charge < -0.3 is 10.1 Å². The smallest absolute Gasteiger partial charge is 0.270 e. The lowest BCUT2D eigenvalue weighted by Crippen LogP contribution is -2.23. The highest BCUT2D eigenvalue weighted by Crippen LogP contribution is 2.14. The maximum absolute atomic E-state index is 10.7. The Balaban J connectivity index is 1.90. The molecule has 0 unspecified atom stereocenters. The number of methoxy groups -OCH3 is 1. The molecule has 0 bridgehead atoms. The standard InChI is InChI=1S/C15H14N4O3S/c1-22-14-7-5-12(6-8-14)17-15(23)18-16-10-11-3-2-4-13(9-11)19(20)21/h2-10H,1H3,(H2,17,18,23)/b16-10+. The third kappa shape index (κ3) is 5.04. The number of non-ortho nitro benzene ring substituents is 1. The average Bonchev–Trinajstić information content (AvgIpc) is 2.56. The van der Waals surface area contributed by atoms with Crippen molar-refractivity contribution in [3.63, 3.8) is 0 Å². The van der Waals surface area contributed by atoms with Crippen molar-refractivity contribution in [1.82, 2.24) is 5.43 Å². The molecular formula is C15H14N4O3S. The van der Waals surface area contributed by atoms with Crippen molar-refractivity contribution in [1.29, 1.82) is 0 Å². The summed E-state index contributed by atoms with van der Waals surface area (Å²) >= 11 is 5.10. The van der Waals surface area contributed by atoms with E-state index in [0.717, 1.165) is 11.4 Å². The Kier molecular flexibility index (Phi) is 5.59. The summed E-state index contributed by atoms with van der Waals surface area (Å²) in [7, 11) is 1.59. The molecule has 2 aromatic carbocycles. The maximum Gasteiger partial charge on any atom is 0.270 e. The highest BCUT2D eigenvalue weighted by Gasteiger charge is 2.04. The molecule has 0 spiro atoms. The van der Waals surface area contributed by atoms with Crippen molar-refractivity contribution in [3.05, 3.63) is 64.2 Å². The molecule has 0 saturated heterocycles. The summed E-state index contributed by atoms with van der Waals surface area (Å²) < 4.78 is 5.07. The number of thiocarbonyl (C=S) groups is 1. The molecule has 0 fully saturated rings. The van der Waals surface area contributed by atoms with E-state index in [-0.39, 0.29) is 5.69 Å². The van der Waals surface area contributed by atoms with Gasteiger partial charge in [-0.1, -0.05) is 12.1 Å². The van der Waals surface area contributed by atoms with Crippen LogP contribution in [-0.4, -0.2) is 23.4 Å². The van der Waals surface area contributed by atoms with Crippen LogP contribution in [0.3, 0.4) is 0 Å². The second kappa shape index (κ2) is 7.85. The third-order valence-corrected chi connectivity index (χ3v) is 3.00. The lowest BCUT2D eigenvalue weighted by molar-refractivity contribution is -0.384. The molecule has 2 rings (SSSR count). The summed E-state index contributed by atoms with van der Waals surface area (Å²) in [5, 5.41) is 17.9. The van der Waals surface area contributed by atoms with Gasteiger partial charge in [-0.2, -0.15) is 5.10 Å². The highest BCUT2D eigenvalue weighted by atomic mass is 32.1. The first-order chi connectivity index (χ1) is 11.1. The molecule has 0 heterocycles. The average molecular weight is 330 g/mol. The zero-order valence-corrected chi connectivity index (χ0v) is 13.0. The van der Waals surface area contributed by atoms with E-state index < -0.39 is 4.92 Å². The van der Waals surface area contributed by atoms with Crippen LogP contribution < -0.4 is 15.5 Å². The van der Waals surface area contributed by atoms with Gasteiger partial charge in [0.2, 0.25) is 0 Å². The molecule has 0 aromatic heterocycles. The van der Waals surface area contributed by atoms with Crippen LogP contribution in [0.4, 0.5) is 11.4 Å². The Morgan fingerprint density at radius 1 is 1.30 bits per heavy atom. The minimum atomic E-state index is -0.458. The van der Waals surface area contributed by atoms with Gasteiger partial charge in [-0.3, -0.25) is 15.5 Å². The third-order valence-electron chi connectivity index (χ3n) is 2.81. The number of benzene rings is 2. The summed E-state index contributed by atoms with van der Waals surface area (Å²) in [6, 6.07) is 13.4. The molecule has 0 amide bonds. The number of ether oxygens (including phenoxy) is 1. The van der Waals surface area contributed by atoms with E-state index in [4.69, 9.17) is 17.0 Å². The first-order valence-electron chi connectivity index (χ1n) is 6.57. The fourth-order valence-corrected chi connectivity index (χ4v) is 1.89. The first kappa shape index (κ1) is 16.4. The summed E-state index contributed by atoms with van der Waals surface area (Å²) in [6.07, 6.45) is 1.45. The minimum Gasteiger partial charge on any atom is -0.497 e. The predicted molar refractivity (Wildman–Crippen MR) is 93.0 cm³/mol. The Hall–Kier alpha value is -3.00. The molecule has 23 heavy (non-hydrogen) atoms. The van der Waals surface area contributed by atoms with Crippen LogP contribution in [0.25, 0.3) is 0 Å². The van der Waals surface area contributed by atoms with Crippen molar-refractivity contribution in [2.75, 3.05) is 12.4 Å². The number of nitrogens with zero attached hydrogens (tertiary/aromatic N) is 2. The Bertz CT molecular complexity index is 732. The number of nitrogens with one attached hydrogen (secondary N) is 2. The summed E-state index contributed by atoms with van der Waals surface area (Å²) in [5.41, 5.74) is 4.04. The molecular weight excluding hydrogens is 316 g/mol. The van der Waals surface area contributed by atoms with Crippen molar-refractivity contribution in [2.24, 2.45) is 5.10 Å². The van der Waals surface area contributed by atoms with Crippen LogP contribution in [0.2, 0.25) is 0 Å². The quantitative estimate of drug-likeness (QED) is 0.379. The van der Waals surface area contributed by atoms with E-state index in [2.05, 4.69) is 15.8 Å². The fraction of sp³-hybridized carbons (Fsp3) is 0.0667. The highest BCUT2D eigenvalue weighted by molar-refractivity contribution is 7.80. The second-order valence-electron chi connectivity index (χ2n) is 4.40. The molecule has 2 aromatic rings. The molecule has 2 N–H and O–H groups in total. The molecule has 0 atom stereocenters. The maximum atomic E-state index is 10.7. The molecule has 118 valence electrons. The van der Waals surface area contributed by atoms with E-state index in [1.807, 2.05) is 12.1 Å². The normalized spacial score (nSPS) is 10.3. The molecule has 0 aliphatic heterocycles. The van der Waals surface area contributed by atoms with Gasteiger partial charge in [0.25, 0.3) is 5.69 Å². The van der Waals surface area contributed by atoms with E-state index in [0.29, 0.717) is 10.7 Å². The van der Waals surface area contributed by atoms with Crippen LogP contribution in [0, 0.1) is 10.1 Å². The van der Waals surface area contributed by atoms with E-state index in [1.165, 1.54) is 18.3 Å². The molecule has 0 aliphatic carbocycles. The Morgan fingerprint density at radius 2 is 2.04 bits per heavy atom. The summed E-state index contributed by atoms with van der Waals surface area (Å²) in [5.74, 6) is 0.748. The molecule has 0 radical (unpaired) electrons. The SMILES string of the molecule is COc1ccc(NC(=S)N/N=C/c2cccc([N+](=O)[O-])c2)cc1. The largest absolute Gasteiger partial charge is 0.497 e. The Labute approximate surface area is 138 Å². The first-order valence-corrected chi connectivity index (χ1v) is 6.98. The van der Waals surface area contributed by atoms with Gasteiger partial charge in [0.1, 0.15) is 5.75 Å². The number of nitro groups is 1. The zero-order chi connectivity index (χ0) is 16.7. The van der Waals surface area contributed by atoms with Crippen LogP contribution in [0.5, 0.6) is 5.75 Å². The van der Waals surface area contributed by atoms with Gasteiger partial charge in [-0.15, -0.1) is 0 Å². The number of rotatable bonds is 5. The lowest BCUT2D eigenvalue weighted by atomic mass is 10.2. The van der Waals surface area contributed by atoms with Gasteiger partial charge in [-0.25, -0.2) is 0 Å². The van der Waals surface area contributed by atoms with Crippen molar-refractivity contribution in [2.45, 2.75) is 0 Å². The number of nitro benzene ring substituents is 1. The van der Waals surface area contributed by atoms with E-state index in [9.17, 15) is 10.1 Å². The van der Waals surface area contributed by atoms with Gasteiger partial charge in [0.05, 0.1) is 18.2 Å². The van der Waals surface area contributed by atoms with Crippen LogP contribution >= 0.6 is 12.2 Å². The lowest BCUT2D eigenvalue weighted by Gasteiger charge is -2.07. The predicted octanol–water partition coefficient (Wildman–Crippen LogP) is 2.92. The molecule has 0 saturated carbocycles. The number of hydrogen-bond donors (Lipinski definition) is 2. The fourth-order valence-electron chi connectivity index (χ4n) is 1.72. The van der Waals surface area contributed by atoms with Crippen LogP contribution in [-0.2, 0) is 0 Å². The van der Waals surface area contributed by atoms with Crippen LogP contribution in [0.15, 0.2) is 53.6 Å². The number of hydrazone groups is 1. The van der Waals surface area contributed by atoms with E-state index in [1.54, 1.807) is 31.4 Å². The van der Waals surface area contributed by atoms with Gasteiger partial charge in [-0.05, 0) is 36.5 Å². The molecule has 0 aliphatic rings.